The number of nitrogens with one attached hydrogen (secondary N) is 2. The number of hydrogen-bond donors (Lipinski definition) is 2. The second-order valence-electron chi connectivity index (χ2n) is 9.03. The van der Waals surface area contributed by atoms with E-state index in [-0.39, 0.29) is 29.7 Å². The molecule has 8 nitrogen and oxygen atoms in total. The van der Waals surface area contributed by atoms with Crippen LogP contribution in [0.25, 0.3) is 0 Å². The van der Waals surface area contributed by atoms with Crippen LogP contribution in [0.15, 0.2) is 36.5 Å². The summed E-state index contributed by atoms with van der Waals surface area (Å²) in [7, 11) is 0. The highest BCUT2D eigenvalue weighted by Crippen LogP contribution is 2.52. The summed E-state index contributed by atoms with van der Waals surface area (Å²) in [6, 6.07) is 6.60. The van der Waals surface area contributed by atoms with E-state index in [2.05, 4.69) is 20.4 Å². The van der Waals surface area contributed by atoms with Gasteiger partial charge in [0.15, 0.2) is 11.9 Å². The fraction of sp³-hybridized carbons (Fsp3) is 0.391. The third kappa shape index (κ3) is 4.77. The fourth-order valence-corrected chi connectivity index (χ4v) is 5.21. The van der Waals surface area contributed by atoms with Crippen molar-refractivity contribution >= 4 is 29.2 Å². The summed E-state index contributed by atoms with van der Waals surface area (Å²) in [6.45, 7) is 0. The lowest BCUT2D eigenvalue weighted by molar-refractivity contribution is -0.276. The minimum absolute atomic E-state index is 0.0922. The maximum Gasteiger partial charge on any atom is 0.574 e. The average Bonchev–Trinajstić information content (AvgIpc) is 3.27. The summed E-state index contributed by atoms with van der Waals surface area (Å²) < 4.78 is 46.2. The predicted molar refractivity (Wildman–Crippen MR) is 115 cm³/mol. The summed E-state index contributed by atoms with van der Waals surface area (Å²) in [5.74, 6) is -1.30. The van der Waals surface area contributed by atoms with Gasteiger partial charge >= 0.3 is 6.36 Å². The van der Waals surface area contributed by atoms with E-state index >= 15 is 0 Å². The van der Waals surface area contributed by atoms with Gasteiger partial charge in [-0.05, 0) is 49.4 Å². The first-order valence-corrected chi connectivity index (χ1v) is 11.2. The summed E-state index contributed by atoms with van der Waals surface area (Å²) in [4.78, 5) is 41.4. The van der Waals surface area contributed by atoms with Crippen molar-refractivity contribution in [3.63, 3.8) is 0 Å². The Bertz CT molecular complexity index is 1200. The number of ether oxygens (including phenoxy) is 2. The highest BCUT2D eigenvalue weighted by atomic mass is 35.5. The number of rotatable bonds is 5. The molecule has 1 aliphatic heterocycles. The number of alkyl halides is 3. The number of hydrogen-bond acceptors (Lipinski definition) is 6. The van der Waals surface area contributed by atoms with E-state index in [1.54, 1.807) is 12.1 Å². The number of amides is 2. The van der Waals surface area contributed by atoms with Gasteiger partial charge in [0.2, 0.25) is 5.88 Å². The predicted octanol–water partition coefficient (Wildman–Crippen LogP) is 3.43. The molecule has 3 saturated carbocycles. The zero-order valence-electron chi connectivity index (χ0n) is 18.0. The van der Waals surface area contributed by atoms with Gasteiger partial charge in [-0.25, -0.2) is 4.98 Å². The molecule has 2 amide bonds. The van der Waals surface area contributed by atoms with Crippen LogP contribution in [0.5, 0.6) is 11.6 Å². The third-order valence-corrected chi connectivity index (χ3v) is 6.82. The normalized spacial score (nSPS) is 26.7. The maximum atomic E-state index is 12.9. The highest BCUT2D eigenvalue weighted by Gasteiger charge is 2.57. The first-order chi connectivity index (χ1) is 16.5. The van der Waals surface area contributed by atoms with Crippen molar-refractivity contribution in [3.8, 4) is 11.6 Å². The molecule has 184 valence electrons. The van der Waals surface area contributed by atoms with Crippen molar-refractivity contribution in [3.05, 3.63) is 52.7 Å². The van der Waals surface area contributed by atoms with Crippen LogP contribution >= 0.6 is 11.6 Å². The molecule has 1 aromatic carbocycles. The largest absolute Gasteiger partial charge is 0.574 e. The molecule has 0 saturated heterocycles. The van der Waals surface area contributed by atoms with Crippen LogP contribution in [0.2, 0.25) is 5.02 Å². The Labute approximate surface area is 202 Å². The second kappa shape index (κ2) is 8.40. The lowest BCUT2D eigenvalue weighted by Gasteiger charge is -2.40. The molecule has 2 heterocycles. The summed E-state index contributed by atoms with van der Waals surface area (Å²) in [5, 5.41) is 6.27. The fourth-order valence-electron chi connectivity index (χ4n) is 5.03. The lowest BCUT2D eigenvalue weighted by atomic mass is 9.76. The molecule has 12 heteroatoms. The van der Waals surface area contributed by atoms with Gasteiger partial charge in [0.1, 0.15) is 5.75 Å². The van der Waals surface area contributed by atoms with E-state index in [0.29, 0.717) is 35.6 Å². The monoisotopic (exact) mass is 509 g/mol. The van der Waals surface area contributed by atoms with Crippen molar-refractivity contribution in [2.75, 3.05) is 0 Å². The molecule has 4 aliphatic rings. The quantitative estimate of drug-likeness (QED) is 0.639. The smallest absolute Gasteiger partial charge is 0.479 e. The molecule has 3 aliphatic carbocycles. The Hall–Kier alpha value is -3.34. The molecule has 2 N–H and O–H groups in total. The van der Waals surface area contributed by atoms with E-state index in [9.17, 15) is 27.6 Å². The van der Waals surface area contributed by atoms with Crippen LogP contribution in [0.3, 0.4) is 0 Å². The van der Waals surface area contributed by atoms with Gasteiger partial charge in [-0.1, -0.05) is 11.6 Å². The second-order valence-corrected chi connectivity index (χ2v) is 9.47. The molecular weight excluding hydrogens is 491 g/mol. The number of benzene rings is 1. The molecule has 0 radical (unpaired) electrons. The zero-order valence-corrected chi connectivity index (χ0v) is 18.8. The van der Waals surface area contributed by atoms with E-state index in [0.717, 1.165) is 12.3 Å². The van der Waals surface area contributed by atoms with Crippen LogP contribution in [0, 0.1) is 5.92 Å². The number of carbonyl (C=O) groups excluding carboxylic acids is 3. The van der Waals surface area contributed by atoms with Gasteiger partial charge in [-0.2, -0.15) is 0 Å². The van der Waals surface area contributed by atoms with E-state index in [1.807, 2.05) is 0 Å². The third-order valence-electron chi connectivity index (χ3n) is 6.58. The van der Waals surface area contributed by atoms with Gasteiger partial charge in [-0.3, -0.25) is 14.4 Å². The van der Waals surface area contributed by atoms with Gasteiger partial charge in [0, 0.05) is 28.9 Å². The lowest BCUT2D eigenvalue weighted by Crippen LogP contribution is -2.56. The molecule has 1 unspecified atom stereocenters. The van der Waals surface area contributed by atoms with Crippen LogP contribution in [-0.4, -0.2) is 46.6 Å². The summed E-state index contributed by atoms with van der Waals surface area (Å²) in [5.41, 5.74) is -0.0659. The molecule has 2 aromatic rings. The SMILES string of the molecule is O=C(NC1CC2(NC(=O)[C@H]3CC(=O)c4cc(Cl)ccc4O3)CC1C2)c1ccc(OC(F)(F)F)nc1. The molecule has 35 heavy (non-hydrogen) atoms. The first-order valence-electron chi connectivity index (χ1n) is 10.8. The van der Waals surface area contributed by atoms with Crippen LogP contribution in [0.1, 0.15) is 46.4 Å². The van der Waals surface area contributed by atoms with Crippen molar-refractivity contribution in [2.24, 2.45) is 5.92 Å². The van der Waals surface area contributed by atoms with E-state index < -0.39 is 35.7 Å². The Morgan fingerprint density at radius 1 is 1.17 bits per heavy atom. The van der Waals surface area contributed by atoms with Gasteiger partial charge < -0.3 is 20.1 Å². The number of carbonyl (C=O) groups is 3. The van der Waals surface area contributed by atoms with Crippen molar-refractivity contribution in [2.45, 2.75) is 49.7 Å². The minimum Gasteiger partial charge on any atom is -0.479 e. The molecule has 1 aromatic heterocycles. The number of Topliss-reactive ketones (excluding diaryl/α,β-unsaturated/α-hetero) is 1. The van der Waals surface area contributed by atoms with Crippen molar-refractivity contribution in [1.82, 2.24) is 15.6 Å². The van der Waals surface area contributed by atoms with Gasteiger partial charge in [0.05, 0.1) is 17.5 Å². The molecule has 3 fully saturated rings. The van der Waals surface area contributed by atoms with Crippen LogP contribution < -0.4 is 20.1 Å². The standard InChI is InChI=1S/C23H19ClF3N3O5/c24-13-2-3-17-14(5-13)16(31)6-18(34-17)21(33)30-22-7-12(8-22)15(9-22)29-20(32)11-1-4-19(28-10-11)35-23(25,26)27/h1-5,10,12,15,18H,6-9H2,(H,29,32)(H,30,33)/t12?,15?,18-,22?/m1/s1. The first kappa shape index (κ1) is 23.4. The number of fused-ring (bicyclic) bond motifs is 2. The minimum atomic E-state index is -4.87. The molecular formula is C23H19ClF3N3O5. The van der Waals surface area contributed by atoms with Gasteiger partial charge in [-0.15, -0.1) is 13.2 Å². The van der Waals surface area contributed by atoms with Gasteiger partial charge in [0.25, 0.3) is 11.8 Å². The average molecular weight is 510 g/mol. The summed E-state index contributed by atoms with van der Waals surface area (Å²) in [6.07, 6.45) is -3.10. The van der Waals surface area contributed by atoms with E-state index in [4.69, 9.17) is 16.3 Å². The maximum absolute atomic E-state index is 12.9. The Balaban J connectivity index is 1.17. The topological polar surface area (TPSA) is 107 Å². The van der Waals surface area contributed by atoms with Crippen LogP contribution in [0.4, 0.5) is 13.2 Å². The van der Waals surface area contributed by atoms with Crippen molar-refractivity contribution < 1.29 is 37.0 Å². The zero-order chi connectivity index (χ0) is 25.0. The van der Waals surface area contributed by atoms with Crippen molar-refractivity contribution in [1.29, 1.82) is 0 Å². The number of halogens is 4. The number of aromatic nitrogens is 1. The molecule has 2 atom stereocenters. The summed E-state index contributed by atoms with van der Waals surface area (Å²) >= 11 is 5.93. The number of nitrogens with zero attached hydrogens (tertiary/aromatic N) is 1. The Kier molecular flexibility index (Phi) is 5.62. The Morgan fingerprint density at radius 2 is 1.94 bits per heavy atom. The van der Waals surface area contributed by atoms with E-state index in [1.165, 1.54) is 12.1 Å². The molecule has 6 rings (SSSR count). The number of ketones is 1. The molecule has 2 bridgehead atoms. The highest BCUT2D eigenvalue weighted by molar-refractivity contribution is 6.31. The molecule has 0 spiro atoms. The Morgan fingerprint density at radius 3 is 2.63 bits per heavy atom. The van der Waals surface area contributed by atoms with Crippen LogP contribution in [-0.2, 0) is 4.79 Å². The number of pyridine rings is 1.